The summed E-state index contributed by atoms with van der Waals surface area (Å²) in [6, 6.07) is 10.4. The van der Waals surface area contributed by atoms with E-state index in [1.165, 1.54) is 24.3 Å². The van der Waals surface area contributed by atoms with Gasteiger partial charge in [-0.25, -0.2) is 0 Å². The maximum Gasteiger partial charge on any atom is 0.421 e. The van der Waals surface area contributed by atoms with E-state index < -0.39 is 11.8 Å². The maximum absolute atomic E-state index is 12.8. The number of benzene rings is 2. The van der Waals surface area contributed by atoms with Crippen LogP contribution in [0.25, 0.3) is 11.1 Å². The third kappa shape index (κ3) is 3.08. The van der Waals surface area contributed by atoms with Gasteiger partial charge in [-0.1, -0.05) is 52.3 Å². The van der Waals surface area contributed by atoms with Crippen LogP contribution in [0.15, 0.2) is 46.9 Å². The monoisotopic (exact) mass is 372 g/mol. The van der Waals surface area contributed by atoms with Crippen LogP contribution in [0.4, 0.5) is 13.2 Å². The minimum atomic E-state index is -4.75. The first-order valence-electron chi connectivity index (χ1n) is 6.31. The molecule has 1 N–H and O–H groups in total. The van der Waals surface area contributed by atoms with E-state index in [9.17, 15) is 23.1 Å². The highest BCUT2D eigenvalue weighted by Gasteiger charge is 2.51. The summed E-state index contributed by atoms with van der Waals surface area (Å²) in [6.45, 7) is 0.719. The van der Waals surface area contributed by atoms with Crippen molar-refractivity contribution in [3.8, 4) is 11.1 Å². The van der Waals surface area contributed by atoms with Gasteiger partial charge in [-0.15, -0.1) is 0 Å². The molecule has 2 rings (SSSR count). The van der Waals surface area contributed by atoms with Gasteiger partial charge >= 0.3 is 6.18 Å². The average Bonchev–Trinajstić information content (AvgIpc) is 2.46. The Morgan fingerprint density at radius 2 is 1.68 bits per heavy atom. The molecule has 0 aliphatic carbocycles. The molecular weight excluding hydrogens is 361 g/mol. The number of hydrogen-bond donors (Lipinski definition) is 1. The van der Waals surface area contributed by atoms with E-state index in [-0.39, 0.29) is 5.56 Å². The second kappa shape index (κ2) is 5.85. The molecule has 1 atom stereocenters. The van der Waals surface area contributed by atoms with Crippen molar-refractivity contribution in [2.75, 3.05) is 0 Å². The molecule has 0 amide bonds. The first-order valence-corrected chi connectivity index (χ1v) is 7.11. The third-order valence-corrected chi connectivity index (χ3v) is 4.10. The average molecular weight is 373 g/mol. The lowest BCUT2D eigenvalue weighted by Crippen LogP contribution is -2.39. The van der Waals surface area contributed by atoms with Crippen molar-refractivity contribution in [3.63, 3.8) is 0 Å². The number of alkyl halides is 3. The Bertz CT molecular complexity index is 692. The highest BCUT2D eigenvalue weighted by molar-refractivity contribution is 9.10. The molecule has 0 aromatic heterocycles. The molecule has 0 saturated carbocycles. The predicted molar refractivity (Wildman–Crippen MR) is 80.6 cm³/mol. The molecule has 0 spiro atoms. The molecule has 2 aromatic carbocycles. The van der Waals surface area contributed by atoms with Crippen molar-refractivity contribution < 1.29 is 23.1 Å². The van der Waals surface area contributed by atoms with Crippen LogP contribution in [-0.4, -0.2) is 17.6 Å². The summed E-state index contributed by atoms with van der Waals surface area (Å²) in [4.78, 5) is 10.7. The van der Waals surface area contributed by atoms with Gasteiger partial charge in [-0.3, -0.25) is 4.79 Å². The number of hydrogen-bond acceptors (Lipinski definition) is 2. The molecule has 0 bridgehead atoms. The molecule has 2 aromatic rings. The van der Waals surface area contributed by atoms with E-state index in [4.69, 9.17) is 0 Å². The van der Waals surface area contributed by atoms with Crippen molar-refractivity contribution in [2.24, 2.45) is 0 Å². The second-order valence-corrected chi connectivity index (χ2v) is 5.86. The van der Waals surface area contributed by atoms with Crippen molar-refractivity contribution in [1.29, 1.82) is 0 Å². The molecule has 116 valence electrons. The molecule has 0 fully saturated rings. The molecule has 6 heteroatoms. The zero-order valence-electron chi connectivity index (χ0n) is 11.5. The van der Waals surface area contributed by atoms with Crippen LogP contribution in [0.3, 0.4) is 0 Å². The van der Waals surface area contributed by atoms with Gasteiger partial charge in [0, 0.05) is 10.0 Å². The quantitative estimate of drug-likeness (QED) is 0.793. The lowest BCUT2D eigenvalue weighted by atomic mass is 9.93. The van der Waals surface area contributed by atoms with Gasteiger partial charge in [0.05, 0.1) is 0 Å². The normalized spacial score (nSPS) is 14.5. The van der Waals surface area contributed by atoms with Crippen LogP contribution >= 0.6 is 15.9 Å². The van der Waals surface area contributed by atoms with Crippen LogP contribution in [0.5, 0.6) is 0 Å². The van der Waals surface area contributed by atoms with Crippen LogP contribution in [0, 0.1) is 0 Å². The standard InChI is InChI=1S/C16H12BrF3O2/c1-15(22,16(18,19)20)12-5-3-11(4-6-12)13-7-2-10(9-21)8-14(13)17/h2-9,22H,1H3. The van der Waals surface area contributed by atoms with Gasteiger partial charge in [-0.05, 0) is 29.7 Å². The smallest absolute Gasteiger partial charge is 0.376 e. The number of carbonyl (C=O) groups is 1. The number of carbonyl (C=O) groups excluding carboxylic acids is 1. The van der Waals surface area contributed by atoms with Crippen molar-refractivity contribution >= 4 is 22.2 Å². The maximum atomic E-state index is 12.8. The number of halogens is 4. The number of rotatable bonds is 3. The zero-order chi connectivity index (χ0) is 16.5. The molecule has 0 aliphatic rings. The molecule has 0 saturated heterocycles. The summed E-state index contributed by atoms with van der Waals surface area (Å²) in [7, 11) is 0. The van der Waals surface area contributed by atoms with Crippen LogP contribution in [0.1, 0.15) is 22.8 Å². The molecule has 0 radical (unpaired) electrons. The van der Waals surface area contributed by atoms with E-state index in [1.807, 2.05) is 0 Å². The van der Waals surface area contributed by atoms with E-state index in [2.05, 4.69) is 15.9 Å². The lowest BCUT2D eigenvalue weighted by Gasteiger charge is -2.26. The van der Waals surface area contributed by atoms with Gasteiger partial charge in [-0.2, -0.15) is 13.2 Å². The molecule has 1 unspecified atom stereocenters. The van der Waals surface area contributed by atoms with E-state index in [0.717, 1.165) is 12.5 Å². The summed E-state index contributed by atoms with van der Waals surface area (Å²) in [5, 5.41) is 9.63. The topological polar surface area (TPSA) is 37.3 Å². The Hall–Kier alpha value is -1.66. The molecule has 0 aliphatic heterocycles. The molecule has 0 heterocycles. The summed E-state index contributed by atoms with van der Waals surface area (Å²) in [5.41, 5.74) is -1.23. The fraction of sp³-hybridized carbons (Fsp3) is 0.188. The Balaban J connectivity index is 2.40. The fourth-order valence-corrected chi connectivity index (χ4v) is 2.60. The Morgan fingerprint density at radius 3 is 2.14 bits per heavy atom. The van der Waals surface area contributed by atoms with Crippen LogP contribution in [-0.2, 0) is 5.60 Å². The van der Waals surface area contributed by atoms with Crippen molar-refractivity contribution in [1.82, 2.24) is 0 Å². The summed E-state index contributed by atoms with van der Waals surface area (Å²) >= 11 is 3.33. The van der Waals surface area contributed by atoms with Gasteiger partial charge < -0.3 is 5.11 Å². The summed E-state index contributed by atoms with van der Waals surface area (Å²) in [5.74, 6) is 0. The number of aliphatic hydroxyl groups is 1. The largest absolute Gasteiger partial charge is 0.421 e. The minimum Gasteiger partial charge on any atom is -0.376 e. The molecular formula is C16H12BrF3O2. The van der Waals surface area contributed by atoms with Gasteiger partial charge in [0.15, 0.2) is 5.60 Å². The predicted octanol–water partition coefficient (Wildman–Crippen LogP) is 4.70. The van der Waals surface area contributed by atoms with Gasteiger partial charge in [0.1, 0.15) is 6.29 Å². The first-order chi connectivity index (χ1) is 10.2. The molecule has 2 nitrogen and oxygen atoms in total. The van der Waals surface area contributed by atoms with Crippen molar-refractivity contribution in [2.45, 2.75) is 18.7 Å². The number of aldehydes is 1. The highest BCUT2D eigenvalue weighted by atomic mass is 79.9. The Kier molecular flexibility index (Phi) is 4.44. The first kappa shape index (κ1) is 16.7. The molecule has 22 heavy (non-hydrogen) atoms. The van der Waals surface area contributed by atoms with Crippen LogP contribution in [0.2, 0.25) is 0 Å². The lowest BCUT2D eigenvalue weighted by molar-refractivity contribution is -0.258. The van der Waals surface area contributed by atoms with Gasteiger partial charge in [0.2, 0.25) is 0 Å². The van der Waals surface area contributed by atoms with E-state index >= 15 is 0 Å². The highest BCUT2D eigenvalue weighted by Crippen LogP contribution is 2.39. The van der Waals surface area contributed by atoms with Gasteiger partial charge in [0.25, 0.3) is 0 Å². The zero-order valence-corrected chi connectivity index (χ0v) is 13.1. The SMILES string of the molecule is CC(O)(c1ccc(-c2ccc(C=O)cc2Br)cc1)C(F)(F)F. The van der Waals surface area contributed by atoms with E-state index in [0.29, 0.717) is 21.9 Å². The minimum absolute atomic E-state index is 0.232. The third-order valence-electron chi connectivity index (χ3n) is 3.44. The van der Waals surface area contributed by atoms with Crippen LogP contribution < -0.4 is 0 Å². The Labute approximate surface area is 133 Å². The van der Waals surface area contributed by atoms with E-state index in [1.54, 1.807) is 18.2 Å². The Morgan fingerprint density at radius 1 is 1.09 bits per heavy atom. The second-order valence-electron chi connectivity index (χ2n) is 5.00. The van der Waals surface area contributed by atoms with Crippen molar-refractivity contribution in [3.05, 3.63) is 58.1 Å². The summed E-state index contributed by atoms with van der Waals surface area (Å²) < 4.78 is 39.1. The fourth-order valence-electron chi connectivity index (χ4n) is 1.98. The summed E-state index contributed by atoms with van der Waals surface area (Å²) in [6.07, 6.45) is -4.04.